The molecule has 1 aliphatic rings. The first-order valence-corrected chi connectivity index (χ1v) is 6.97. The number of hydrogen-bond acceptors (Lipinski definition) is 2. The van der Waals surface area contributed by atoms with Crippen molar-refractivity contribution in [2.45, 2.75) is 46.5 Å². The first-order chi connectivity index (χ1) is 8.45. The molecular weight excluding hydrogens is 230 g/mol. The molecule has 1 saturated heterocycles. The van der Waals surface area contributed by atoms with Gasteiger partial charge in [-0.2, -0.15) is 0 Å². The molecule has 0 spiro atoms. The van der Waals surface area contributed by atoms with Gasteiger partial charge in [0, 0.05) is 19.0 Å². The first-order valence-electron chi connectivity index (χ1n) is 6.97. The van der Waals surface area contributed by atoms with Crippen LogP contribution in [0, 0.1) is 17.8 Å². The van der Waals surface area contributed by atoms with Crippen molar-refractivity contribution in [2.75, 3.05) is 13.1 Å². The average molecular weight is 255 g/mol. The second kappa shape index (κ2) is 6.76. The SMILES string of the molecule is CCCCC(C)C(=O)N1CC(C)CC(C(=O)O)C1. The number of piperidine rings is 1. The second-order valence-electron chi connectivity index (χ2n) is 5.66. The number of carboxylic acid groups (broad SMARTS) is 1. The summed E-state index contributed by atoms with van der Waals surface area (Å²) in [6, 6.07) is 0. The van der Waals surface area contributed by atoms with Crippen LogP contribution in [0.15, 0.2) is 0 Å². The number of carbonyl (C=O) groups is 2. The molecule has 1 aliphatic heterocycles. The van der Waals surface area contributed by atoms with E-state index in [2.05, 4.69) is 6.92 Å². The molecule has 1 amide bonds. The van der Waals surface area contributed by atoms with Gasteiger partial charge in [0.1, 0.15) is 0 Å². The number of unbranched alkanes of at least 4 members (excludes halogenated alkanes) is 1. The van der Waals surface area contributed by atoms with E-state index in [-0.39, 0.29) is 17.7 Å². The van der Waals surface area contributed by atoms with Gasteiger partial charge in [0.05, 0.1) is 5.92 Å². The summed E-state index contributed by atoms with van der Waals surface area (Å²) in [6.45, 7) is 7.17. The van der Waals surface area contributed by atoms with Crippen molar-refractivity contribution in [3.63, 3.8) is 0 Å². The Labute approximate surface area is 109 Å². The van der Waals surface area contributed by atoms with Crippen molar-refractivity contribution in [1.29, 1.82) is 0 Å². The number of likely N-dealkylation sites (tertiary alicyclic amines) is 1. The van der Waals surface area contributed by atoms with Gasteiger partial charge in [-0.05, 0) is 18.8 Å². The Bertz CT molecular complexity index is 303. The van der Waals surface area contributed by atoms with Gasteiger partial charge in [0.25, 0.3) is 0 Å². The zero-order chi connectivity index (χ0) is 13.7. The van der Waals surface area contributed by atoms with Crippen LogP contribution in [-0.4, -0.2) is 35.0 Å². The van der Waals surface area contributed by atoms with Gasteiger partial charge in [-0.1, -0.05) is 33.6 Å². The highest BCUT2D eigenvalue weighted by molar-refractivity contribution is 5.79. The molecule has 0 bridgehead atoms. The van der Waals surface area contributed by atoms with Crippen LogP contribution in [0.25, 0.3) is 0 Å². The Morgan fingerprint density at radius 3 is 2.61 bits per heavy atom. The van der Waals surface area contributed by atoms with Crippen LogP contribution < -0.4 is 0 Å². The zero-order valence-electron chi connectivity index (χ0n) is 11.7. The summed E-state index contributed by atoms with van der Waals surface area (Å²) in [5.74, 6) is -0.746. The lowest BCUT2D eigenvalue weighted by atomic mass is 9.89. The highest BCUT2D eigenvalue weighted by atomic mass is 16.4. The summed E-state index contributed by atoms with van der Waals surface area (Å²) >= 11 is 0. The number of carbonyl (C=O) groups excluding carboxylic acids is 1. The van der Waals surface area contributed by atoms with Gasteiger partial charge >= 0.3 is 5.97 Å². The maximum Gasteiger partial charge on any atom is 0.308 e. The van der Waals surface area contributed by atoms with Crippen LogP contribution in [0.1, 0.15) is 46.5 Å². The minimum atomic E-state index is -0.777. The summed E-state index contributed by atoms with van der Waals surface area (Å²) in [5.41, 5.74) is 0. The quantitative estimate of drug-likeness (QED) is 0.820. The number of amides is 1. The molecule has 0 aromatic rings. The third-order valence-corrected chi connectivity index (χ3v) is 3.73. The lowest BCUT2D eigenvalue weighted by Crippen LogP contribution is -2.47. The Hall–Kier alpha value is -1.06. The summed E-state index contributed by atoms with van der Waals surface area (Å²) in [4.78, 5) is 25.1. The molecule has 1 rings (SSSR count). The van der Waals surface area contributed by atoms with Gasteiger partial charge in [-0.3, -0.25) is 9.59 Å². The molecule has 104 valence electrons. The maximum absolute atomic E-state index is 12.3. The number of carboxylic acids is 1. The smallest absolute Gasteiger partial charge is 0.308 e. The summed E-state index contributed by atoms with van der Waals surface area (Å²) in [5, 5.41) is 9.10. The molecule has 0 aromatic heterocycles. The van der Waals surface area contributed by atoms with Crippen LogP contribution in [0.2, 0.25) is 0 Å². The Balaban J connectivity index is 2.58. The third-order valence-electron chi connectivity index (χ3n) is 3.73. The molecule has 0 aliphatic carbocycles. The number of rotatable bonds is 5. The van der Waals surface area contributed by atoms with Gasteiger partial charge in [-0.15, -0.1) is 0 Å². The second-order valence-corrected chi connectivity index (χ2v) is 5.66. The van der Waals surface area contributed by atoms with E-state index in [9.17, 15) is 9.59 Å². The van der Waals surface area contributed by atoms with Gasteiger partial charge in [-0.25, -0.2) is 0 Å². The van der Waals surface area contributed by atoms with Gasteiger partial charge in [0.15, 0.2) is 0 Å². The van der Waals surface area contributed by atoms with E-state index in [0.717, 1.165) is 19.3 Å². The van der Waals surface area contributed by atoms with Crippen molar-refractivity contribution in [1.82, 2.24) is 4.90 Å². The van der Waals surface area contributed by atoms with Crippen LogP contribution in [0.3, 0.4) is 0 Å². The van der Waals surface area contributed by atoms with Crippen molar-refractivity contribution in [3.8, 4) is 0 Å². The Morgan fingerprint density at radius 2 is 2.06 bits per heavy atom. The van der Waals surface area contributed by atoms with Crippen LogP contribution in [0.4, 0.5) is 0 Å². The number of aliphatic carboxylic acids is 1. The summed E-state index contributed by atoms with van der Waals surface area (Å²) < 4.78 is 0. The van der Waals surface area contributed by atoms with Crippen molar-refractivity contribution in [3.05, 3.63) is 0 Å². The highest BCUT2D eigenvalue weighted by Gasteiger charge is 2.33. The molecule has 1 fully saturated rings. The van der Waals surface area contributed by atoms with E-state index in [1.54, 1.807) is 4.90 Å². The molecule has 0 aromatic carbocycles. The molecule has 0 radical (unpaired) electrons. The fraction of sp³-hybridized carbons (Fsp3) is 0.857. The van der Waals surface area contributed by atoms with E-state index in [0.29, 0.717) is 19.5 Å². The topological polar surface area (TPSA) is 57.6 Å². The van der Waals surface area contributed by atoms with Crippen molar-refractivity contribution in [2.24, 2.45) is 17.8 Å². The minimum absolute atomic E-state index is 0.0182. The molecular formula is C14H25NO3. The fourth-order valence-electron chi connectivity index (χ4n) is 2.66. The van der Waals surface area contributed by atoms with Crippen LogP contribution in [-0.2, 0) is 9.59 Å². The van der Waals surface area contributed by atoms with E-state index < -0.39 is 11.9 Å². The molecule has 4 nitrogen and oxygen atoms in total. The average Bonchev–Trinajstić information content (AvgIpc) is 2.34. The monoisotopic (exact) mass is 255 g/mol. The largest absolute Gasteiger partial charge is 0.481 e. The fourth-order valence-corrected chi connectivity index (χ4v) is 2.66. The van der Waals surface area contributed by atoms with E-state index in [1.165, 1.54) is 0 Å². The summed E-state index contributed by atoms with van der Waals surface area (Å²) in [6.07, 6.45) is 3.73. The molecule has 1 heterocycles. The minimum Gasteiger partial charge on any atom is -0.481 e. The Kier molecular flexibility index (Phi) is 5.63. The number of nitrogens with zero attached hydrogens (tertiary/aromatic N) is 1. The standard InChI is InChI=1S/C14H25NO3/c1-4-5-6-11(3)13(16)15-8-10(2)7-12(9-15)14(17)18/h10-12H,4-9H2,1-3H3,(H,17,18). The molecule has 3 atom stereocenters. The molecule has 1 N–H and O–H groups in total. The Morgan fingerprint density at radius 1 is 1.39 bits per heavy atom. The predicted molar refractivity (Wildman–Crippen MR) is 70.2 cm³/mol. The lowest BCUT2D eigenvalue weighted by Gasteiger charge is -2.36. The van der Waals surface area contributed by atoms with Crippen LogP contribution >= 0.6 is 0 Å². The predicted octanol–water partition coefficient (Wildman–Crippen LogP) is 2.38. The zero-order valence-corrected chi connectivity index (χ0v) is 11.7. The van der Waals surface area contributed by atoms with E-state index >= 15 is 0 Å². The summed E-state index contributed by atoms with van der Waals surface area (Å²) in [7, 11) is 0. The highest BCUT2D eigenvalue weighted by Crippen LogP contribution is 2.24. The molecule has 0 saturated carbocycles. The van der Waals surface area contributed by atoms with E-state index in [4.69, 9.17) is 5.11 Å². The normalized spacial score (nSPS) is 25.8. The third kappa shape index (κ3) is 4.00. The lowest BCUT2D eigenvalue weighted by molar-refractivity contribution is -0.148. The molecule has 3 unspecified atom stereocenters. The number of hydrogen-bond donors (Lipinski definition) is 1. The van der Waals surface area contributed by atoms with E-state index in [1.807, 2.05) is 13.8 Å². The first kappa shape index (κ1) is 15.0. The maximum atomic E-state index is 12.3. The van der Waals surface area contributed by atoms with Crippen molar-refractivity contribution < 1.29 is 14.7 Å². The van der Waals surface area contributed by atoms with Crippen LogP contribution in [0.5, 0.6) is 0 Å². The molecule has 4 heteroatoms. The van der Waals surface area contributed by atoms with Crippen molar-refractivity contribution >= 4 is 11.9 Å². The van der Waals surface area contributed by atoms with Gasteiger partial charge < -0.3 is 10.0 Å². The molecule has 18 heavy (non-hydrogen) atoms. The van der Waals surface area contributed by atoms with Gasteiger partial charge in [0.2, 0.25) is 5.91 Å².